The molecule has 0 amide bonds. The third-order valence-electron chi connectivity index (χ3n) is 4.10. The van der Waals surface area contributed by atoms with Gasteiger partial charge in [-0.3, -0.25) is 0 Å². The molecule has 0 spiro atoms. The summed E-state index contributed by atoms with van der Waals surface area (Å²) < 4.78 is 25.9. The van der Waals surface area contributed by atoms with Gasteiger partial charge in [-0.2, -0.15) is 0 Å². The number of rotatable bonds is 16. The Morgan fingerprint density at radius 2 is 1.32 bits per heavy atom. The summed E-state index contributed by atoms with van der Waals surface area (Å²) in [5, 5.41) is 0.133. The average molecular weight is 355 g/mol. The Bertz CT molecular complexity index is 213. The molecule has 0 saturated heterocycles. The minimum absolute atomic E-state index is 0.0733. The summed E-state index contributed by atoms with van der Waals surface area (Å²) in [6.45, 7) is 6.54. The highest BCUT2D eigenvalue weighted by Gasteiger charge is 2.25. The highest BCUT2D eigenvalue weighted by Crippen LogP contribution is 2.39. The van der Waals surface area contributed by atoms with Crippen molar-refractivity contribution < 1.29 is 8.78 Å². The molecule has 134 valence electrons. The zero-order valence-electron chi connectivity index (χ0n) is 14.8. The first-order chi connectivity index (χ1) is 10.7. The zero-order chi connectivity index (χ0) is 16.6. The van der Waals surface area contributed by atoms with Gasteiger partial charge >= 0.3 is 0 Å². The van der Waals surface area contributed by atoms with Gasteiger partial charge in [-0.25, -0.2) is 8.78 Å². The monoisotopic (exact) mass is 354 g/mol. The normalized spacial score (nSPS) is 13.2. The van der Waals surface area contributed by atoms with Crippen LogP contribution < -0.4 is 0 Å². The Balaban J connectivity index is 4.41. The van der Waals surface area contributed by atoms with Crippen molar-refractivity contribution in [2.45, 2.75) is 103 Å². The van der Waals surface area contributed by atoms with Crippen molar-refractivity contribution in [2.75, 3.05) is 5.75 Å². The van der Waals surface area contributed by atoms with E-state index in [1.54, 1.807) is 21.6 Å². The van der Waals surface area contributed by atoms with Crippen LogP contribution in [-0.4, -0.2) is 17.4 Å². The van der Waals surface area contributed by atoms with Crippen LogP contribution in [0.4, 0.5) is 8.78 Å². The Hall–Kier alpha value is 0.560. The zero-order valence-corrected chi connectivity index (χ0v) is 16.4. The topological polar surface area (TPSA) is 0 Å². The van der Waals surface area contributed by atoms with Crippen LogP contribution in [0.2, 0.25) is 0 Å². The minimum atomic E-state index is -2.16. The molecular weight excluding hydrogens is 318 g/mol. The Morgan fingerprint density at radius 1 is 0.773 bits per heavy atom. The standard InChI is InChI=1S/C18H36F2S2/c1-4-7-9-11-13-16(14-12-10-8-5-2)17(15-18(19)20)22-21-6-3/h16-18H,4-15H2,1-3H3/t17-/m1/s1. The van der Waals surface area contributed by atoms with Crippen LogP contribution in [-0.2, 0) is 0 Å². The largest absolute Gasteiger partial charge is 0.239 e. The van der Waals surface area contributed by atoms with E-state index in [0.29, 0.717) is 5.92 Å². The molecule has 0 aliphatic heterocycles. The second-order valence-electron chi connectivity index (χ2n) is 6.13. The van der Waals surface area contributed by atoms with Gasteiger partial charge in [0, 0.05) is 17.4 Å². The predicted molar refractivity (Wildman–Crippen MR) is 101 cm³/mol. The van der Waals surface area contributed by atoms with Crippen LogP contribution in [0.15, 0.2) is 0 Å². The van der Waals surface area contributed by atoms with Gasteiger partial charge in [0.05, 0.1) is 0 Å². The summed E-state index contributed by atoms with van der Waals surface area (Å²) >= 11 is 0. The second-order valence-corrected chi connectivity index (χ2v) is 9.02. The molecule has 22 heavy (non-hydrogen) atoms. The molecular formula is C18H36F2S2. The lowest BCUT2D eigenvalue weighted by Gasteiger charge is -2.26. The molecule has 0 aliphatic carbocycles. The van der Waals surface area contributed by atoms with Gasteiger partial charge < -0.3 is 0 Å². The van der Waals surface area contributed by atoms with Crippen molar-refractivity contribution >= 4 is 21.6 Å². The molecule has 0 rings (SSSR count). The van der Waals surface area contributed by atoms with Crippen LogP contribution >= 0.6 is 21.6 Å². The van der Waals surface area contributed by atoms with Crippen LogP contribution in [0.25, 0.3) is 0 Å². The lowest BCUT2D eigenvalue weighted by molar-refractivity contribution is 0.128. The van der Waals surface area contributed by atoms with Crippen LogP contribution in [0, 0.1) is 5.92 Å². The van der Waals surface area contributed by atoms with Gasteiger partial charge in [0.25, 0.3) is 0 Å². The van der Waals surface area contributed by atoms with E-state index in [4.69, 9.17) is 0 Å². The van der Waals surface area contributed by atoms with Crippen LogP contribution in [0.5, 0.6) is 0 Å². The highest BCUT2D eigenvalue weighted by molar-refractivity contribution is 8.76. The molecule has 4 heteroatoms. The molecule has 0 fully saturated rings. The second kappa shape index (κ2) is 16.4. The van der Waals surface area contributed by atoms with Crippen molar-refractivity contribution in [2.24, 2.45) is 5.92 Å². The van der Waals surface area contributed by atoms with E-state index in [1.807, 2.05) is 0 Å². The first-order valence-electron chi connectivity index (χ1n) is 9.22. The SMILES string of the molecule is CCCCCCC(CCCCCC)[C@@H](CC(F)F)SSCC. The van der Waals surface area contributed by atoms with Gasteiger partial charge in [0.2, 0.25) is 6.43 Å². The predicted octanol–water partition coefficient (Wildman–Crippen LogP) is 7.97. The van der Waals surface area contributed by atoms with Gasteiger partial charge in [-0.05, 0) is 18.8 Å². The number of hydrogen-bond acceptors (Lipinski definition) is 2. The van der Waals surface area contributed by atoms with Crippen LogP contribution in [0.3, 0.4) is 0 Å². The smallest absolute Gasteiger partial charge is 0.210 e. The van der Waals surface area contributed by atoms with Crippen LogP contribution in [0.1, 0.15) is 91.4 Å². The molecule has 0 aromatic rings. The molecule has 0 nitrogen and oxygen atoms in total. The number of alkyl halides is 2. The third-order valence-corrected chi connectivity index (χ3v) is 7.16. The summed E-state index contributed by atoms with van der Waals surface area (Å²) in [4.78, 5) is 0. The fourth-order valence-corrected chi connectivity index (χ4v) is 5.43. The lowest BCUT2D eigenvalue weighted by atomic mass is 9.90. The highest BCUT2D eigenvalue weighted by atomic mass is 33.1. The number of hydrogen-bond donors (Lipinski definition) is 0. The first kappa shape index (κ1) is 22.6. The fraction of sp³-hybridized carbons (Fsp3) is 1.00. The molecule has 0 aromatic carbocycles. The van der Waals surface area contributed by atoms with Gasteiger partial charge in [0.15, 0.2) is 0 Å². The minimum Gasteiger partial charge on any atom is -0.210 e. The van der Waals surface area contributed by atoms with Gasteiger partial charge in [-0.1, -0.05) is 93.7 Å². The van der Waals surface area contributed by atoms with Gasteiger partial charge in [-0.15, -0.1) is 0 Å². The molecule has 0 saturated carbocycles. The van der Waals surface area contributed by atoms with Crippen molar-refractivity contribution in [3.8, 4) is 0 Å². The third kappa shape index (κ3) is 13.0. The molecule has 0 N–H and O–H groups in total. The van der Waals surface area contributed by atoms with E-state index < -0.39 is 6.43 Å². The molecule has 0 unspecified atom stereocenters. The summed E-state index contributed by atoms with van der Waals surface area (Å²) in [6, 6.07) is 0. The fourth-order valence-electron chi connectivity index (χ4n) is 2.82. The maximum Gasteiger partial charge on any atom is 0.239 e. The van der Waals surface area contributed by atoms with E-state index in [0.717, 1.165) is 18.6 Å². The molecule has 1 atom stereocenters. The average Bonchev–Trinajstić information content (AvgIpc) is 2.49. The molecule has 0 radical (unpaired) electrons. The molecule has 0 bridgehead atoms. The van der Waals surface area contributed by atoms with E-state index in [-0.39, 0.29) is 11.7 Å². The molecule has 0 aliphatic rings. The Kier molecular flexibility index (Phi) is 16.8. The van der Waals surface area contributed by atoms with E-state index in [9.17, 15) is 8.78 Å². The quantitative estimate of drug-likeness (QED) is 0.203. The Labute approximate surface area is 145 Å². The maximum absolute atomic E-state index is 12.9. The van der Waals surface area contributed by atoms with E-state index in [2.05, 4.69) is 20.8 Å². The van der Waals surface area contributed by atoms with Crippen molar-refractivity contribution in [3.05, 3.63) is 0 Å². The molecule has 0 aromatic heterocycles. The molecule has 0 heterocycles. The summed E-state index contributed by atoms with van der Waals surface area (Å²) in [6.07, 6.45) is 10.2. The summed E-state index contributed by atoms with van der Waals surface area (Å²) in [7, 11) is 3.48. The van der Waals surface area contributed by atoms with Crippen molar-refractivity contribution in [1.82, 2.24) is 0 Å². The maximum atomic E-state index is 12.9. The summed E-state index contributed by atoms with van der Waals surface area (Å²) in [5.74, 6) is 1.48. The Morgan fingerprint density at radius 3 is 1.73 bits per heavy atom. The van der Waals surface area contributed by atoms with Crippen molar-refractivity contribution in [3.63, 3.8) is 0 Å². The van der Waals surface area contributed by atoms with Gasteiger partial charge in [0.1, 0.15) is 0 Å². The summed E-state index contributed by atoms with van der Waals surface area (Å²) in [5.41, 5.74) is 0. The van der Waals surface area contributed by atoms with E-state index >= 15 is 0 Å². The number of halogens is 2. The first-order valence-corrected chi connectivity index (χ1v) is 11.6. The number of unbranched alkanes of at least 4 members (excludes halogenated alkanes) is 6. The lowest BCUT2D eigenvalue weighted by Crippen LogP contribution is -2.20. The van der Waals surface area contributed by atoms with E-state index in [1.165, 1.54) is 51.4 Å². The van der Waals surface area contributed by atoms with Crippen molar-refractivity contribution in [1.29, 1.82) is 0 Å².